The lowest BCUT2D eigenvalue weighted by Crippen LogP contribution is -2.43. The monoisotopic (exact) mass is 350 g/mol. The van der Waals surface area contributed by atoms with Crippen molar-refractivity contribution in [1.29, 1.82) is 0 Å². The Bertz CT molecular complexity index is 563. The molecule has 21 heavy (non-hydrogen) atoms. The van der Waals surface area contributed by atoms with Crippen molar-refractivity contribution < 1.29 is 9.59 Å². The second kappa shape index (κ2) is 5.79. The minimum absolute atomic E-state index is 0.0955. The molecule has 0 heterocycles. The van der Waals surface area contributed by atoms with Gasteiger partial charge in [-0.3, -0.25) is 9.59 Å². The van der Waals surface area contributed by atoms with E-state index in [0.29, 0.717) is 18.5 Å². The highest BCUT2D eigenvalue weighted by molar-refractivity contribution is 9.10. The fraction of sp³-hybridized carbons (Fsp3) is 0.500. The predicted octanol–water partition coefficient (Wildman–Crippen LogP) is 3.23. The Labute approximate surface area is 132 Å². The second-order valence-corrected chi connectivity index (χ2v) is 6.92. The van der Waals surface area contributed by atoms with Crippen LogP contribution in [0.25, 0.3) is 0 Å². The van der Waals surface area contributed by atoms with E-state index in [2.05, 4.69) is 26.6 Å². The summed E-state index contributed by atoms with van der Waals surface area (Å²) in [5.74, 6) is -0.280. The van der Waals surface area contributed by atoms with Gasteiger partial charge in [-0.05, 0) is 43.9 Å². The smallest absolute Gasteiger partial charge is 0.240 e. The first kappa shape index (κ1) is 14.6. The minimum Gasteiger partial charge on any atom is -0.352 e. The maximum Gasteiger partial charge on any atom is 0.240 e. The molecule has 2 saturated carbocycles. The van der Waals surface area contributed by atoms with Crippen molar-refractivity contribution in [3.05, 3.63) is 28.7 Å². The maximum absolute atomic E-state index is 12.4. The van der Waals surface area contributed by atoms with E-state index in [4.69, 9.17) is 0 Å². The lowest BCUT2D eigenvalue weighted by molar-refractivity contribution is -0.134. The number of rotatable bonds is 4. The standard InChI is InChI=1S/C16H19BrN2O2/c17-11-4-3-7-13(10-11)19-15(21)16(8-9-16)14(20)18-12-5-1-2-6-12/h3-4,7,10,12H,1-2,5-6,8-9H2,(H,18,20)(H,19,21). The number of nitrogens with one attached hydrogen (secondary N) is 2. The van der Waals surface area contributed by atoms with Gasteiger partial charge in [-0.2, -0.15) is 0 Å². The van der Waals surface area contributed by atoms with E-state index in [1.54, 1.807) is 0 Å². The fourth-order valence-corrected chi connectivity index (χ4v) is 3.29. The van der Waals surface area contributed by atoms with Crippen LogP contribution in [0.3, 0.4) is 0 Å². The van der Waals surface area contributed by atoms with Crippen LogP contribution in [-0.4, -0.2) is 17.9 Å². The van der Waals surface area contributed by atoms with Crippen LogP contribution in [0.5, 0.6) is 0 Å². The van der Waals surface area contributed by atoms with E-state index in [0.717, 1.165) is 17.3 Å². The first-order chi connectivity index (χ1) is 10.1. The summed E-state index contributed by atoms with van der Waals surface area (Å²) in [4.78, 5) is 24.8. The minimum atomic E-state index is -0.842. The summed E-state index contributed by atoms with van der Waals surface area (Å²) < 4.78 is 0.903. The van der Waals surface area contributed by atoms with Crippen molar-refractivity contribution in [3.8, 4) is 0 Å². The lowest BCUT2D eigenvalue weighted by atomic mass is 10.0. The Balaban J connectivity index is 1.64. The van der Waals surface area contributed by atoms with Crippen LogP contribution >= 0.6 is 15.9 Å². The summed E-state index contributed by atoms with van der Waals surface area (Å²) in [6.07, 6.45) is 5.70. The number of anilines is 1. The fourth-order valence-electron chi connectivity index (χ4n) is 2.89. The van der Waals surface area contributed by atoms with Gasteiger partial charge in [-0.1, -0.05) is 34.8 Å². The predicted molar refractivity (Wildman–Crippen MR) is 84.8 cm³/mol. The molecule has 0 atom stereocenters. The maximum atomic E-state index is 12.4. The molecule has 0 spiro atoms. The van der Waals surface area contributed by atoms with E-state index in [9.17, 15) is 9.59 Å². The molecule has 2 amide bonds. The average Bonchev–Trinajstić information content (AvgIpc) is 3.12. The van der Waals surface area contributed by atoms with E-state index < -0.39 is 5.41 Å². The number of carbonyl (C=O) groups is 2. The quantitative estimate of drug-likeness (QED) is 0.819. The SMILES string of the molecule is O=C(Nc1cccc(Br)c1)C1(C(=O)NC2CCCC2)CC1. The summed E-state index contributed by atoms with van der Waals surface area (Å²) in [5, 5.41) is 5.91. The summed E-state index contributed by atoms with van der Waals surface area (Å²) >= 11 is 3.37. The van der Waals surface area contributed by atoms with E-state index in [-0.39, 0.29) is 17.9 Å². The highest BCUT2D eigenvalue weighted by Gasteiger charge is 2.56. The van der Waals surface area contributed by atoms with Crippen LogP contribution < -0.4 is 10.6 Å². The molecule has 0 saturated heterocycles. The summed E-state index contributed by atoms with van der Waals surface area (Å²) in [6, 6.07) is 7.68. The van der Waals surface area contributed by atoms with Crippen LogP contribution in [0, 0.1) is 5.41 Å². The number of hydrogen-bond donors (Lipinski definition) is 2. The second-order valence-electron chi connectivity index (χ2n) is 6.00. The van der Waals surface area contributed by atoms with Crippen LogP contribution in [0.2, 0.25) is 0 Å². The molecule has 4 nitrogen and oxygen atoms in total. The van der Waals surface area contributed by atoms with Crippen molar-refractivity contribution in [2.45, 2.75) is 44.6 Å². The van der Waals surface area contributed by atoms with Crippen molar-refractivity contribution >= 4 is 33.4 Å². The van der Waals surface area contributed by atoms with Gasteiger partial charge in [0.1, 0.15) is 5.41 Å². The molecule has 0 aromatic heterocycles. The Hall–Kier alpha value is -1.36. The van der Waals surface area contributed by atoms with Gasteiger partial charge in [0, 0.05) is 16.2 Å². The molecule has 2 fully saturated rings. The van der Waals surface area contributed by atoms with Gasteiger partial charge in [0.15, 0.2) is 0 Å². The molecule has 0 radical (unpaired) electrons. The van der Waals surface area contributed by atoms with Gasteiger partial charge in [-0.15, -0.1) is 0 Å². The third kappa shape index (κ3) is 3.12. The van der Waals surface area contributed by atoms with Gasteiger partial charge in [0.25, 0.3) is 0 Å². The highest BCUT2D eigenvalue weighted by Crippen LogP contribution is 2.47. The molecule has 1 aromatic rings. The third-order valence-corrected chi connectivity index (χ3v) is 4.89. The molecule has 2 N–H and O–H groups in total. The Morgan fingerprint density at radius 2 is 1.86 bits per heavy atom. The molecule has 112 valence electrons. The van der Waals surface area contributed by atoms with Gasteiger partial charge >= 0.3 is 0 Å². The molecule has 5 heteroatoms. The first-order valence-corrected chi connectivity index (χ1v) is 8.27. The Morgan fingerprint density at radius 3 is 2.48 bits per heavy atom. The molecule has 0 unspecified atom stereocenters. The van der Waals surface area contributed by atoms with E-state index in [1.807, 2.05) is 24.3 Å². The number of hydrogen-bond acceptors (Lipinski definition) is 2. The molecular weight excluding hydrogens is 332 g/mol. The molecule has 0 aliphatic heterocycles. The molecular formula is C16H19BrN2O2. The van der Waals surface area contributed by atoms with Crippen molar-refractivity contribution in [3.63, 3.8) is 0 Å². The molecule has 2 aliphatic carbocycles. The third-order valence-electron chi connectivity index (χ3n) is 4.39. The van der Waals surface area contributed by atoms with Gasteiger partial charge in [0.05, 0.1) is 0 Å². The largest absolute Gasteiger partial charge is 0.352 e. The lowest BCUT2D eigenvalue weighted by Gasteiger charge is -2.18. The molecule has 1 aromatic carbocycles. The van der Waals surface area contributed by atoms with Gasteiger partial charge < -0.3 is 10.6 Å². The molecule has 2 aliphatic rings. The Morgan fingerprint density at radius 1 is 1.14 bits per heavy atom. The van der Waals surface area contributed by atoms with Crippen molar-refractivity contribution in [2.24, 2.45) is 5.41 Å². The van der Waals surface area contributed by atoms with Gasteiger partial charge in [0.2, 0.25) is 11.8 Å². The Kier molecular flexibility index (Phi) is 4.02. The molecule has 0 bridgehead atoms. The van der Waals surface area contributed by atoms with Crippen LogP contribution in [0.4, 0.5) is 5.69 Å². The summed E-state index contributed by atoms with van der Waals surface area (Å²) in [7, 11) is 0. The highest BCUT2D eigenvalue weighted by atomic mass is 79.9. The van der Waals surface area contributed by atoms with Crippen LogP contribution in [-0.2, 0) is 9.59 Å². The summed E-state index contributed by atoms with van der Waals surface area (Å²) in [6.45, 7) is 0. The van der Waals surface area contributed by atoms with Gasteiger partial charge in [-0.25, -0.2) is 0 Å². The zero-order valence-electron chi connectivity index (χ0n) is 11.8. The molecule has 3 rings (SSSR count). The number of halogens is 1. The zero-order valence-corrected chi connectivity index (χ0v) is 13.4. The van der Waals surface area contributed by atoms with Crippen LogP contribution in [0.1, 0.15) is 38.5 Å². The average molecular weight is 351 g/mol. The number of carbonyl (C=O) groups excluding carboxylic acids is 2. The zero-order chi connectivity index (χ0) is 14.9. The first-order valence-electron chi connectivity index (χ1n) is 7.48. The van der Waals surface area contributed by atoms with Crippen LogP contribution in [0.15, 0.2) is 28.7 Å². The van der Waals surface area contributed by atoms with E-state index >= 15 is 0 Å². The number of amides is 2. The van der Waals surface area contributed by atoms with Crippen molar-refractivity contribution in [1.82, 2.24) is 5.32 Å². The number of benzene rings is 1. The topological polar surface area (TPSA) is 58.2 Å². The normalized spacial score (nSPS) is 20.0. The van der Waals surface area contributed by atoms with Crippen molar-refractivity contribution in [2.75, 3.05) is 5.32 Å². The van der Waals surface area contributed by atoms with E-state index in [1.165, 1.54) is 12.8 Å². The summed E-state index contributed by atoms with van der Waals surface area (Å²) in [5.41, 5.74) is -0.125.